The smallest absolute Gasteiger partial charge is 0.225 e. The fourth-order valence-electron chi connectivity index (χ4n) is 2.45. The van der Waals surface area contributed by atoms with Crippen LogP contribution in [0.3, 0.4) is 0 Å². The molecule has 2 aliphatic rings. The van der Waals surface area contributed by atoms with E-state index in [-0.39, 0.29) is 17.9 Å². The fourth-order valence-corrected chi connectivity index (χ4v) is 2.45. The molecule has 0 aliphatic carbocycles. The van der Waals surface area contributed by atoms with Crippen molar-refractivity contribution in [3.8, 4) is 0 Å². The van der Waals surface area contributed by atoms with Gasteiger partial charge in [0.2, 0.25) is 5.91 Å². The zero-order chi connectivity index (χ0) is 10.8. The summed E-state index contributed by atoms with van der Waals surface area (Å²) in [7, 11) is 4.01. The average Bonchev–Trinajstić information content (AvgIpc) is 2.77. The lowest BCUT2D eigenvalue weighted by molar-refractivity contribution is -0.126. The highest BCUT2D eigenvalue weighted by Gasteiger charge is 2.44. The van der Waals surface area contributed by atoms with E-state index in [1.54, 1.807) is 0 Å². The van der Waals surface area contributed by atoms with Gasteiger partial charge in [-0.15, -0.1) is 0 Å². The largest absolute Gasteiger partial charge is 0.374 e. The summed E-state index contributed by atoms with van der Waals surface area (Å²) < 4.78 is 5.66. The van der Waals surface area contributed by atoms with Crippen LogP contribution in [0.25, 0.3) is 0 Å². The second kappa shape index (κ2) is 4.49. The van der Waals surface area contributed by atoms with Gasteiger partial charge in [-0.3, -0.25) is 4.79 Å². The maximum absolute atomic E-state index is 11.8. The Morgan fingerprint density at radius 1 is 1.47 bits per heavy atom. The van der Waals surface area contributed by atoms with Crippen LogP contribution < -0.4 is 5.32 Å². The van der Waals surface area contributed by atoms with E-state index in [2.05, 4.69) is 10.2 Å². The van der Waals surface area contributed by atoms with Crippen LogP contribution in [-0.2, 0) is 9.53 Å². The lowest BCUT2D eigenvalue weighted by Gasteiger charge is -2.18. The van der Waals surface area contributed by atoms with Gasteiger partial charge < -0.3 is 15.0 Å². The van der Waals surface area contributed by atoms with E-state index in [1.807, 2.05) is 14.1 Å². The Bertz CT molecular complexity index is 243. The number of rotatable bonds is 4. The highest BCUT2D eigenvalue weighted by Crippen LogP contribution is 2.38. The third-order valence-electron chi connectivity index (χ3n) is 3.30. The number of carbonyl (C=O) groups excluding carboxylic acids is 1. The first-order chi connectivity index (χ1) is 7.16. The Hall–Kier alpha value is -0.610. The number of carbonyl (C=O) groups is 1. The van der Waals surface area contributed by atoms with E-state index in [4.69, 9.17) is 4.74 Å². The maximum atomic E-state index is 11.8. The first kappa shape index (κ1) is 10.9. The van der Waals surface area contributed by atoms with E-state index in [1.165, 1.54) is 0 Å². The van der Waals surface area contributed by atoms with Crippen molar-refractivity contribution in [1.29, 1.82) is 0 Å². The SMILES string of the molecule is CN(C)CCNC(=O)C1CC2CCC1O2. The van der Waals surface area contributed by atoms with Crippen LogP contribution in [-0.4, -0.2) is 50.2 Å². The molecule has 1 N–H and O–H groups in total. The predicted molar refractivity (Wildman–Crippen MR) is 57.6 cm³/mol. The lowest BCUT2D eigenvalue weighted by atomic mass is 9.88. The molecule has 0 saturated carbocycles. The molecule has 0 aromatic rings. The van der Waals surface area contributed by atoms with Gasteiger partial charge in [0.1, 0.15) is 0 Å². The van der Waals surface area contributed by atoms with Gasteiger partial charge in [-0.05, 0) is 33.4 Å². The van der Waals surface area contributed by atoms with Crippen molar-refractivity contribution in [3.05, 3.63) is 0 Å². The molecule has 2 fully saturated rings. The number of ether oxygens (including phenoxy) is 1. The van der Waals surface area contributed by atoms with Crippen LogP contribution in [0.4, 0.5) is 0 Å². The zero-order valence-corrected chi connectivity index (χ0v) is 9.53. The van der Waals surface area contributed by atoms with Crippen molar-refractivity contribution in [2.75, 3.05) is 27.2 Å². The Balaban J connectivity index is 1.72. The second-order valence-electron chi connectivity index (χ2n) is 4.81. The highest BCUT2D eigenvalue weighted by atomic mass is 16.5. The third-order valence-corrected chi connectivity index (χ3v) is 3.30. The van der Waals surface area contributed by atoms with Gasteiger partial charge in [-0.25, -0.2) is 0 Å². The minimum atomic E-state index is 0.117. The van der Waals surface area contributed by atoms with Crippen molar-refractivity contribution in [2.45, 2.75) is 31.5 Å². The summed E-state index contributed by atoms with van der Waals surface area (Å²) in [6.07, 6.45) is 3.70. The standard InChI is InChI=1S/C11H20N2O2/c1-13(2)6-5-12-11(14)9-7-8-3-4-10(9)15-8/h8-10H,3-7H2,1-2H3,(H,12,14). The number of hydrogen-bond donors (Lipinski definition) is 1. The van der Waals surface area contributed by atoms with Crippen LogP contribution >= 0.6 is 0 Å². The molecule has 1 amide bonds. The summed E-state index contributed by atoms with van der Waals surface area (Å²) in [6.45, 7) is 1.63. The molecule has 2 aliphatic heterocycles. The predicted octanol–water partition coefficient (Wildman–Crippen LogP) is 0.232. The number of nitrogens with zero attached hydrogens (tertiary/aromatic N) is 1. The number of fused-ring (bicyclic) bond motifs is 2. The summed E-state index contributed by atoms with van der Waals surface area (Å²) in [6, 6.07) is 0. The van der Waals surface area contributed by atoms with Gasteiger partial charge in [0.15, 0.2) is 0 Å². The van der Waals surface area contributed by atoms with Crippen molar-refractivity contribution in [3.63, 3.8) is 0 Å². The summed E-state index contributed by atoms with van der Waals surface area (Å²) in [5.74, 6) is 0.301. The minimum Gasteiger partial charge on any atom is -0.374 e. The van der Waals surface area contributed by atoms with Crippen LogP contribution in [0.1, 0.15) is 19.3 Å². The van der Waals surface area contributed by atoms with Crippen molar-refractivity contribution < 1.29 is 9.53 Å². The monoisotopic (exact) mass is 212 g/mol. The van der Waals surface area contributed by atoms with Crippen molar-refractivity contribution >= 4 is 5.91 Å². The average molecular weight is 212 g/mol. The summed E-state index contributed by atoms with van der Waals surface area (Å²) in [5, 5.41) is 2.98. The second-order valence-corrected chi connectivity index (χ2v) is 4.81. The molecule has 86 valence electrons. The molecule has 2 heterocycles. The molecule has 0 aromatic heterocycles. The molecular formula is C11H20N2O2. The van der Waals surface area contributed by atoms with Gasteiger partial charge in [-0.1, -0.05) is 0 Å². The molecule has 0 radical (unpaired) electrons. The van der Waals surface area contributed by atoms with E-state index < -0.39 is 0 Å². The quantitative estimate of drug-likeness (QED) is 0.725. The van der Waals surface area contributed by atoms with Crippen LogP contribution in [0, 0.1) is 5.92 Å². The highest BCUT2D eigenvalue weighted by molar-refractivity contribution is 5.79. The molecule has 0 aromatic carbocycles. The first-order valence-corrected chi connectivity index (χ1v) is 5.74. The Morgan fingerprint density at radius 3 is 2.80 bits per heavy atom. The van der Waals surface area contributed by atoms with Gasteiger partial charge in [0.25, 0.3) is 0 Å². The molecule has 3 unspecified atom stereocenters. The molecule has 3 atom stereocenters. The molecule has 0 spiro atoms. The summed E-state index contributed by atoms with van der Waals surface area (Å²) >= 11 is 0. The zero-order valence-electron chi connectivity index (χ0n) is 9.53. The van der Waals surface area contributed by atoms with Gasteiger partial charge >= 0.3 is 0 Å². The molecular weight excluding hydrogens is 192 g/mol. The Kier molecular flexibility index (Phi) is 3.26. The third kappa shape index (κ3) is 2.49. The molecule has 4 heteroatoms. The molecule has 4 nitrogen and oxygen atoms in total. The van der Waals surface area contributed by atoms with E-state index in [9.17, 15) is 4.79 Å². The Morgan fingerprint density at radius 2 is 2.27 bits per heavy atom. The van der Waals surface area contributed by atoms with E-state index in [0.29, 0.717) is 6.10 Å². The van der Waals surface area contributed by atoms with Crippen LogP contribution in [0.2, 0.25) is 0 Å². The van der Waals surface area contributed by atoms with E-state index >= 15 is 0 Å². The van der Waals surface area contributed by atoms with E-state index in [0.717, 1.165) is 32.4 Å². The maximum Gasteiger partial charge on any atom is 0.225 e. The summed E-state index contributed by atoms with van der Waals surface area (Å²) in [4.78, 5) is 13.9. The molecule has 2 bridgehead atoms. The number of amides is 1. The van der Waals surface area contributed by atoms with Gasteiger partial charge in [0, 0.05) is 13.1 Å². The molecule has 15 heavy (non-hydrogen) atoms. The van der Waals surface area contributed by atoms with Crippen LogP contribution in [0.5, 0.6) is 0 Å². The van der Waals surface area contributed by atoms with Crippen molar-refractivity contribution in [1.82, 2.24) is 10.2 Å². The fraction of sp³-hybridized carbons (Fsp3) is 0.909. The minimum absolute atomic E-state index is 0.117. The summed E-state index contributed by atoms with van der Waals surface area (Å²) in [5.41, 5.74) is 0. The Labute approximate surface area is 91.0 Å². The first-order valence-electron chi connectivity index (χ1n) is 5.74. The normalized spacial score (nSPS) is 33.7. The topological polar surface area (TPSA) is 41.6 Å². The molecule has 2 rings (SSSR count). The molecule has 2 saturated heterocycles. The number of hydrogen-bond acceptors (Lipinski definition) is 3. The number of nitrogens with one attached hydrogen (secondary N) is 1. The van der Waals surface area contributed by atoms with Gasteiger partial charge in [-0.2, -0.15) is 0 Å². The number of likely N-dealkylation sites (N-methyl/N-ethyl adjacent to an activating group) is 1. The van der Waals surface area contributed by atoms with Crippen molar-refractivity contribution in [2.24, 2.45) is 5.92 Å². The van der Waals surface area contributed by atoms with Gasteiger partial charge in [0.05, 0.1) is 18.1 Å². The lowest BCUT2D eigenvalue weighted by Crippen LogP contribution is -2.39. The van der Waals surface area contributed by atoms with Crippen LogP contribution in [0.15, 0.2) is 0 Å².